The number of fused-ring (bicyclic) bond motifs is 6. The van der Waals surface area contributed by atoms with Crippen LogP contribution in [0.5, 0.6) is 0 Å². The number of aliphatic hydroxyl groups is 2. The van der Waals surface area contributed by atoms with Crippen LogP contribution in [0.3, 0.4) is 0 Å². The Morgan fingerprint density at radius 2 is 1.83 bits per heavy atom. The van der Waals surface area contributed by atoms with Crippen LogP contribution >= 0.6 is 0 Å². The Hall–Kier alpha value is -3.90. The lowest BCUT2D eigenvalue weighted by atomic mass is 9.46. The first-order valence-corrected chi connectivity index (χ1v) is 17.8. The molecule has 252 valence electrons. The van der Waals surface area contributed by atoms with Crippen LogP contribution in [0, 0.1) is 34.5 Å². The minimum Gasteiger partial charge on any atom is -0.454 e. The summed E-state index contributed by atoms with van der Waals surface area (Å²) in [6.45, 7) is 7.29. The van der Waals surface area contributed by atoms with Crippen molar-refractivity contribution in [2.75, 3.05) is 6.61 Å². The van der Waals surface area contributed by atoms with Crippen LogP contribution in [0.2, 0.25) is 0 Å². The molecule has 11 heteroatoms. The Bertz CT molecular complexity index is 2000. The lowest BCUT2D eigenvalue weighted by Gasteiger charge is -2.59. The van der Waals surface area contributed by atoms with E-state index >= 15 is 0 Å². The van der Waals surface area contributed by atoms with E-state index in [1.165, 1.54) is 17.7 Å². The van der Waals surface area contributed by atoms with Gasteiger partial charge in [-0.05, 0) is 91.5 Å². The first-order chi connectivity index (χ1) is 22.6. The van der Waals surface area contributed by atoms with E-state index in [0.29, 0.717) is 12.8 Å². The number of hydrogen-bond acceptors (Lipinski definition) is 8. The molecule has 1 aromatic heterocycles. The number of benzene rings is 2. The fraction of sp³-hybridized carbons (Fsp3) is 0.432. The van der Waals surface area contributed by atoms with Crippen molar-refractivity contribution in [1.82, 2.24) is 9.78 Å². The van der Waals surface area contributed by atoms with E-state index < -0.39 is 61.8 Å². The average molecular weight is 673 g/mol. The molecule has 4 aliphatic carbocycles. The number of hydrogen-bond donors (Lipinski definition) is 3. The third kappa shape index (κ3) is 4.69. The largest absolute Gasteiger partial charge is 0.454 e. The lowest BCUT2D eigenvalue weighted by Crippen LogP contribution is -2.62. The monoisotopic (exact) mass is 672 g/mol. The van der Waals surface area contributed by atoms with Gasteiger partial charge >= 0.3 is 5.97 Å². The number of nitrogens with zero attached hydrogens (tertiary/aromatic N) is 2. The Balaban J connectivity index is 1.18. The van der Waals surface area contributed by atoms with Gasteiger partial charge < -0.3 is 14.9 Å². The van der Waals surface area contributed by atoms with E-state index in [2.05, 4.69) is 26.0 Å². The molecule has 8 atom stereocenters. The molecule has 10 nitrogen and oxygen atoms in total. The number of ether oxygens (including phenoxy) is 1. The number of rotatable bonds is 6. The summed E-state index contributed by atoms with van der Waals surface area (Å²) in [6.07, 6.45) is 6.96. The SMILES string of the molecule is CC1=CC2[C@H]([C@@H](O)C[C@@]3(C)[C@H]2C[C@@H](C)[C@]3(O)C(=O)COC(=O)c2cccc(S(=O)(=O)O)c2)[C@@]2(C)Cc3cnn(-c4ccccc4)c3C=C12. The molecule has 0 spiro atoms. The van der Waals surface area contributed by atoms with Gasteiger partial charge in [-0.3, -0.25) is 9.35 Å². The van der Waals surface area contributed by atoms with Crippen LogP contribution in [0.15, 0.2) is 82.9 Å². The summed E-state index contributed by atoms with van der Waals surface area (Å²) in [6, 6.07) is 14.7. The Labute approximate surface area is 279 Å². The highest BCUT2D eigenvalue weighted by molar-refractivity contribution is 7.85. The van der Waals surface area contributed by atoms with Gasteiger partial charge in [0.25, 0.3) is 10.1 Å². The van der Waals surface area contributed by atoms with E-state index in [1.54, 1.807) is 0 Å². The van der Waals surface area contributed by atoms with Crippen molar-refractivity contribution in [2.45, 2.75) is 63.6 Å². The number of para-hydroxylation sites is 1. The number of aromatic nitrogens is 2. The molecule has 0 bridgehead atoms. The molecule has 4 aliphatic rings. The Morgan fingerprint density at radius 3 is 2.54 bits per heavy atom. The molecule has 0 radical (unpaired) electrons. The summed E-state index contributed by atoms with van der Waals surface area (Å²) < 4.78 is 39.7. The van der Waals surface area contributed by atoms with Gasteiger partial charge in [0.1, 0.15) is 5.60 Å². The zero-order chi connectivity index (χ0) is 34.4. The standard InChI is InChI=1S/C37H40N2O8S/c1-21-13-27-29-14-22(2)37(43,32(41)20-47-34(42)23-9-8-12-26(15-23)48(44,45)46)36(29,4)18-31(40)33(27)35(3)17-24-19-38-39(30(24)16-28(21)35)25-10-6-5-7-11-25/h5-13,15-16,19,22,27,29,31,33,40,43H,14,17-18,20H2,1-4H3,(H,44,45,46)/t22-,27?,29+,31+,33-,35+,36+,37+/m1/s1. The van der Waals surface area contributed by atoms with E-state index in [0.717, 1.165) is 34.7 Å². The van der Waals surface area contributed by atoms with E-state index in [9.17, 15) is 32.8 Å². The van der Waals surface area contributed by atoms with Crippen molar-refractivity contribution >= 4 is 27.9 Å². The number of aliphatic hydroxyl groups excluding tert-OH is 1. The molecule has 2 saturated carbocycles. The van der Waals surface area contributed by atoms with Crippen LogP contribution in [0.25, 0.3) is 11.8 Å². The van der Waals surface area contributed by atoms with Crippen molar-refractivity contribution in [3.8, 4) is 5.69 Å². The molecule has 48 heavy (non-hydrogen) atoms. The number of ketones is 1. The normalized spacial score (nSPS) is 33.8. The maximum atomic E-state index is 13.9. The summed E-state index contributed by atoms with van der Waals surface area (Å²) in [5.41, 5.74) is 1.94. The summed E-state index contributed by atoms with van der Waals surface area (Å²) >= 11 is 0. The maximum absolute atomic E-state index is 13.9. The second-order valence-corrected chi connectivity index (χ2v) is 16.0. The molecule has 1 unspecified atom stereocenters. The van der Waals surface area contributed by atoms with Crippen molar-refractivity contribution in [3.63, 3.8) is 0 Å². The predicted molar refractivity (Wildman–Crippen MR) is 177 cm³/mol. The molecule has 2 aromatic carbocycles. The van der Waals surface area contributed by atoms with Gasteiger partial charge in [0.2, 0.25) is 5.78 Å². The van der Waals surface area contributed by atoms with E-state index in [1.807, 2.05) is 55.1 Å². The van der Waals surface area contributed by atoms with Gasteiger partial charge in [-0.2, -0.15) is 13.5 Å². The van der Waals surface area contributed by atoms with E-state index in [4.69, 9.17) is 9.84 Å². The van der Waals surface area contributed by atoms with Crippen molar-refractivity contribution in [1.29, 1.82) is 0 Å². The third-order valence-corrected chi connectivity index (χ3v) is 12.9. The Morgan fingerprint density at radius 1 is 1.10 bits per heavy atom. The van der Waals surface area contributed by atoms with Gasteiger partial charge in [0.05, 0.1) is 34.1 Å². The highest BCUT2D eigenvalue weighted by Gasteiger charge is 2.70. The Kier molecular flexibility index (Phi) is 7.52. The molecule has 1 heterocycles. The van der Waals surface area contributed by atoms with Gasteiger partial charge in [-0.15, -0.1) is 0 Å². The number of carbonyl (C=O) groups is 2. The topological polar surface area (TPSA) is 156 Å². The summed E-state index contributed by atoms with van der Waals surface area (Å²) in [5.74, 6) is -2.49. The maximum Gasteiger partial charge on any atom is 0.338 e. The number of carbonyl (C=O) groups excluding carboxylic acids is 2. The minimum atomic E-state index is -4.55. The first kappa shape index (κ1) is 32.6. The molecule has 0 aliphatic heterocycles. The van der Waals surface area contributed by atoms with Crippen LogP contribution < -0.4 is 0 Å². The van der Waals surface area contributed by atoms with Gasteiger partial charge in [-0.1, -0.05) is 56.7 Å². The zero-order valence-corrected chi connectivity index (χ0v) is 28.1. The number of Topliss-reactive ketones (excluding diaryl/α,β-unsaturated/α-hetero) is 1. The highest BCUT2D eigenvalue weighted by Crippen LogP contribution is 2.68. The molecule has 3 N–H and O–H groups in total. The van der Waals surface area contributed by atoms with Crippen molar-refractivity contribution in [2.24, 2.45) is 34.5 Å². The molecule has 0 amide bonds. The smallest absolute Gasteiger partial charge is 0.338 e. The van der Waals surface area contributed by atoms with Crippen molar-refractivity contribution < 1.29 is 37.5 Å². The second-order valence-electron chi connectivity index (χ2n) is 14.6. The van der Waals surface area contributed by atoms with Crippen LogP contribution in [0.1, 0.15) is 62.2 Å². The number of esters is 1. The zero-order valence-electron chi connectivity index (χ0n) is 27.3. The molecule has 7 rings (SSSR count). The molecule has 3 aromatic rings. The van der Waals surface area contributed by atoms with Gasteiger partial charge in [0.15, 0.2) is 6.61 Å². The third-order valence-electron chi connectivity index (χ3n) is 12.0. The molecular weight excluding hydrogens is 632 g/mol. The minimum absolute atomic E-state index is 0.110. The quantitative estimate of drug-likeness (QED) is 0.246. The summed E-state index contributed by atoms with van der Waals surface area (Å²) in [5, 5.41) is 29.1. The summed E-state index contributed by atoms with van der Waals surface area (Å²) in [7, 11) is -4.55. The number of allylic oxidation sites excluding steroid dienone is 3. The molecule has 2 fully saturated rings. The first-order valence-electron chi connectivity index (χ1n) is 16.3. The average Bonchev–Trinajstić information content (AvgIpc) is 3.54. The van der Waals surface area contributed by atoms with Crippen molar-refractivity contribution in [3.05, 3.63) is 94.8 Å². The highest BCUT2D eigenvalue weighted by atomic mass is 32.2. The predicted octanol–water partition coefficient (Wildman–Crippen LogP) is 4.84. The van der Waals surface area contributed by atoms with Crippen LogP contribution in [0.4, 0.5) is 0 Å². The van der Waals surface area contributed by atoms with Crippen LogP contribution in [-0.4, -0.2) is 63.0 Å². The fourth-order valence-electron chi connectivity index (χ4n) is 9.87. The van der Waals surface area contributed by atoms with Crippen LogP contribution in [-0.2, 0) is 26.1 Å². The second kappa shape index (κ2) is 11.1. The van der Waals surface area contributed by atoms with Gasteiger partial charge in [0, 0.05) is 16.7 Å². The molecule has 0 saturated heterocycles. The van der Waals surface area contributed by atoms with E-state index in [-0.39, 0.29) is 29.7 Å². The molecular formula is C37H40N2O8S. The van der Waals surface area contributed by atoms with Gasteiger partial charge in [-0.25, -0.2) is 9.48 Å². The fourth-order valence-corrected chi connectivity index (χ4v) is 10.4. The lowest BCUT2D eigenvalue weighted by molar-refractivity contribution is -0.179. The summed E-state index contributed by atoms with van der Waals surface area (Å²) in [4.78, 5) is 26.2.